The summed E-state index contributed by atoms with van der Waals surface area (Å²) in [6, 6.07) is 1.82. The fourth-order valence-electron chi connectivity index (χ4n) is 1.86. The molecule has 0 fully saturated rings. The first kappa shape index (κ1) is 11.4. The predicted octanol–water partition coefficient (Wildman–Crippen LogP) is 1.84. The van der Waals surface area contributed by atoms with Gasteiger partial charge in [0.15, 0.2) is 0 Å². The minimum absolute atomic E-state index is 0.0514. The van der Waals surface area contributed by atoms with E-state index in [-0.39, 0.29) is 12.0 Å². The summed E-state index contributed by atoms with van der Waals surface area (Å²) in [7, 11) is 0. The van der Waals surface area contributed by atoms with E-state index in [2.05, 4.69) is 20.4 Å². The van der Waals surface area contributed by atoms with Gasteiger partial charge in [0.2, 0.25) is 5.95 Å². The summed E-state index contributed by atoms with van der Waals surface area (Å²) in [6.07, 6.45) is 1.62. The van der Waals surface area contributed by atoms with Crippen LogP contribution in [0.2, 0.25) is 0 Å². The molecule has 0 bridgehead atoms. The van der Waals surface area contributed by atoms with Crippen molar-refractivity contribution in [3.63, 3.8) is 0 Å². The van der Waals surface area contributed by atoms with Gasteiger partial charge in [-0.15, -0.1) is 0 Å². The Morgan fingerprint density at radius 3 is 2.76 bits per heavy atom. The smallest absolute Gasteiger partial charge is 0.221 e. The minimum atomic E-state index is 0.0514. The quantitative estimate of drug-likeness (QED) is 0.840. The average Bonchev–Trinajstić information content (AvgIpc) is 2.58. The number of anilines is 2. The zero-order chi connectivity index (χ0) is 12.4. The van der Waals surface area contributed by atoms with Crippen LogP contribution in [0.1, 0.15) is 30.0 Å². The van der Waals surface area contributed by atoms with Gasteiger partial charge in [0.1, 0.15) is 11.6 Å². The van der Waals surface area contributed by atoms with Crippen molar-refractivity contribution in [3.05, 3.63) is 29.3 Å². The third-order valence-corrected chi connectivity index (χ3v) is 2.56. The van der Waals surface area contributed by atoms with Crippen LogP contribution in [0, 0.1) is 13.8 Å². The lowest BCUT2D eigenvalue weighted by Crippen LogP contribution is -2.10. The number of rotatable bonds is 3. The summed E-state index contributed by atoms with van der Waals surface area (Å²) in [4.78, 5) is 7.93. The SMILES string of the molecule is Cc1noc(C)c1C(C)Nc1ccnc(N)n1. The van der Waals surface area contributed by atoms with Crippen molar-refractivity contribution in [1.82, 2.24) is 15.1 Å². The second kappa shape index (κ2) is 4.40. The third-order valence-electron chi connectivity index (χ3n) is 2.56. The van der Waals surface area contributed by atoms with E-state index in [1.807, 2.05) is 20.8 Å². The van der Waals surface area contributed by atoms with E-state index in [1.165, 1.54) is 0 Å². The first-order valence-corrected chi connectivity index (χ1v) is 5.35. The molecule has 0 spiro atoms. The minimum Gasteiger partial charge on any atom is -0.368 e. The molecular weight excluding hydrogens is 218 g/mol. The van der Waals surface area contributed by atoms with Gasteiger partial charge in [-0.05, 0) is 26.8 Å². The Balaban J connectivity index is 2.20. The van der Waals surface area contributed by atoms with Crippen molar-refractivity contribution < 1.29 is 4.52 Å². The van der Waals surface area contributed by atoms with Crippen LogP contribution < -0.4 is 11.1 Å². The highest BCUT2D eigenvalue weighted by atomic mass is 16.5. The predicted molar refractivity (Wildman–Crippen MR) is 64.5 cm³/mol. The Labute approximate surface area is 99.2 Å². The van der Waals surface area contributed by atoms with Crippen LogP contribution in [-0.2, 0) is 0 Å². The molecule has 2 aromatic rings. The molecule has 0 saturated carbocycles. The van der Waals surface area contributed by atoms with Crippen LogP contribution in [0.15, 0.2) is 16.8 Å². The highest BCUT2D eigenvalue weighted by Crippen LogP contribution is 2.24. The van der Waals surface area contributed by atoms with E-state index < -0.39 is 0 Å². The molecule has 0 aliphatic rings. The van der Waals surface area contributed by atoms with Gasteiger partial charge in [-0.1, -0.05) is 5.16 Å². The largest absolute Gasteiger partial charge is 0.368 e. The Kier molecular flexibility index (Phi) is 2.95. The zero-order valence-corrected chi connectivity index (χ0v) is 10.1. The molecule has 0 amide bonds. The normalized spacial score (nSPS) is 12.4. The second-order valence-electron chi connectivity index (χ2n) is 3.90. The molecule has 2 heterocycles. The lowest BCUT2D eigenvalue weighted by molar-refractivity contribution is 0.392. The Morgan fingerprint density at radius 2 is 2.18 bits per heavy atom. The number of hydrogen-bond acceptors (Lipinski definition) is 6. The first-order valence-electron chi connectivity index (χ1n) is 5.35. The highest BCUT2D eigenvalue weighted by molar-refractivity contribution is 5.41. The van der Waals surface area contributed by atoms with Crippen LogP contribution in [0.4, 0.5) is 11.8 Å². The Hall–Kier alpha value is -2.11. The molecule has 0 saturated heterocycles. The van der Waals surface area contributed by atoms with E-state index in [9.17, 15) is 0 Å². The van der Waals surface area contributed by atoms with Crippen molar-refractivity contribution >= 4 is 11.8 Å². The van der Waals surface area contributed by atoms with Crippen LogP contribution in [0.25, 0.3) is 0 Å². The van der Waals surface area contributed by atoms with Gasteiger partial charge in [-0.3, -0.25) is 0 Å². The summed E-state index contributed by atoms with van der Waals surface area (Å²) in [5, 5.41) is 7.16. The van der Waals surface area contributed by atoms with Gasteiger partial charge < -0.3 is 15.6 Å². The van der Waals surface area contributed by atoms with E-state index in [1.54, 1.807) is 12.3 Å². The Bertz CT molecular complexity index is 503. The van der Waals surface area contributed by atoms with Crippen LogP contribution >= 0.6 is 0 Å². The summed E-state index contributed by atoms with van der Waals surface area (Å²) in [5.41, 5.74) is 7.44. The van der Waals surface area contributed by atoms with E-state index >= 15 is 0 Å². The summed E-state index contributed by atoms with van der Waals surface area (Å²) >= 11 is 0. The maximum Gasteiger partial charge on any atom is 0.221 e. The van der Waals surface area contributed by atoms with Crippen LogP contribution in [-0.4, -0.2) is 15.1 Å². The number of aryl methyl sites for hydroxylation is 2. The van der Waals surface area contributed by atoms with Gasteiger partial charge in [0.25, 0.3) is 0 Å². The van der Waals surface area contributed by atoms with Crippen molar-refractivity contribution in [2.75, 3.05) is 11.1 Å². The molecular formula is C11H15N5O. The second-order valence-corrected chi connectivity index (χ2v) is 3.90. The molecule has 1 unspecified atom stereocenters. The topological polar surface area (TPSA) is 89.9 Å². The number of hydrogen-bond donors (Lipinski definition) is 2. The van der Waals surface area contributed by atoms with Gasteiger partial charge in [0, 0.05) is 11.8 Å². The van der Waals surface area contributed by atoms with Crippen molar-refractivity contribution in [2.45, 2.75) is 26.8 Å². The van der Waals surface area contributed by atoms with Crippen LogP contribution in [0.3, 0.4) is 0 Å². The van der Waals surface area contributed by atoms with Crippen molar-refractivity contribution in [3.8, 4) is 0 Å². The lowest BCUT2D eigenvalue weighted by Gasteiger charge is -2.14. The summed E-state index contributed by atoms with van der Waals surface area (Å²) < 4.78 is 5.13. The van der Waals surface area contributed by atoms with Crippen molar-refractivity contribution in [1.29, 1.82) is 0 Å². The number of aromatic nitrogens is 3. The molecule has 2 aromatic heterocycles. The van der Waals surface area contributed by atoms with Gasteiger partial charge in [-0.25, -0.2) is 4.98 Å². The van der Waals surface area contributed by atoms with E-state index in [0.717, 1.165) is 17.0 Å². The molecule has 0 aromatic carbocycles. The lowest BCUT2D eigenvalue weighted by atomic mass is 10.1. The zero-order valence-electron chi connectivity index (χ0n) is 10.1. The van der Waals surface area contributed by atoms with Gasteiger partial charge >= 0.3 is 0 Å². The van der Waals surface area contributed by atoms with E-state index in [0.29, 0.717) is 5.82 Å². The Morgan fingerprint density at radius 1 is 1.41 bits per heavy atom. The molecule has 6 heteroatoms. The van der Waals surface area contributed by atoms with Gasteiger partial charge in [-0.2, -0.15) is 4.98 Å². The average molecular weight is 233 g/mol. The van der Waals surface area contributed by atoms with E-state index in [4.69, 9.17) is 10.3 Å². The molecule has 17 heavy (non-hydrogen) atoms. The number of nitrogen functional groups attached to an aromatic ring is 1. The molecule has 3 N–H and O–H groups in total. The number of nitrogens with two attached hydrogens (primary N) is 1. The number of nitrogens with zero attached hydrogens (tertiary/aromatic N) is 3. The third kappa shape index (κ3) is 2.35. The summed E-state index contributed by atoms with van der Waals surface area (Å²) in [6.45, 7) is 5.82. The molecule has 1 atom stereocenters. The fourth-order valence-corrected chi connectivity index (χ4v) is 1.86. The summed E-state index contributed by atoms with van der Waals surface area (Å²) in [5.74, 6) is 1.75. The first-order chi connectivity index (χ1) is 8.08. The fraction of sp³-hybridized carbons (Fsp3) is 0.364. The van der Waals surface area contributed by atoms with Crippen LogP contribution in [0.5, 0.6) is 0 Å². The maximum atomic E-state index is 5.52. The molecule has 90 valence electrons. The number of nitrogens with one attached hydrogen (secondary N) is 1. The van der Waals surface area contributed by atoms with Crippen molar-refractivity contribution in [2.24, 2.45) is 0 Å². The molecule has 6 nitrogen and oxygen atoms in total. The highest BCUT2D eigenvalue weighted by Gasteiger charge is 2.16. The van der Waals surface area contributed by atoms with Gasteiger partial charge in [0.05, 0.1) is 11.7 Å². The molecule has 0 aliphatic carbocycles. The molecule has 0 radical (unpaired) electrons. The molecule has 0 aliphatic heterocycles. The monoisotopic (exact) mass is 233 g/mol. The molecule has 2 rings (SSSR count). The maximum absolute atomic E-state index is 5.52. The standard InChI is InChI=1S/C11H15N5O/c1-6(10-7(2)16-17-8(10)3)14-9-4-5-13-11(12)15-9/h4-6H,1-3H3,(H3,12,13,14,15).